The van der Waals surface area contributed by atoms with Gasteiger partial charge in [-0.3, -0.25) is 5.32 Å². The molecule has 1 amide bonds. The summed E-state index contributed by atoms with van der Waals surface area (Å²) in [7, 11) is 0.113. The minimum atomic E-state index is -2.11. The Balaban J connectivity index is 3.53. The average molecular weight is 390 g/mol. The van der Waals surface area contributed by atoms with E-state index in [4.69, 9.17) is 44.8 Å². The number of benzene rings is 1. The molecule has 0 aliphatic rings. The molecular formula is C9H11NO2S7. The summed E-state index contributed by atoms with van der Waals surface area (Å²) in [4.78, 5) is 12.7. The lowest BCUT2D eigenvalue weighted by Crippen LogP contribution is -2.12. The number of thiol groups is 2. The van der Waals surface area contributed by atoms with Gasteiger partial charge in [0.15, 0.2) is 0 Å². The Hall–Kier alpha value is 0.420. The number of hydrogen-bond acceptors (Lipinski definition) is 6. The molecule has 1 rings (SSSR count). The van der Waals surface area contributed by atoms with Crippen molar-refractivity contribution < 1.29 is 9.53 Å². The van der Waals surface area contributed by atoms with Crippen molar-refractivity contribution in [3.05, 3.63) is 17.7 Å². The van der Waals surface area contributed by atoms with Crippen molar-refractivity contribution in [2.24, 2.45) is 0 Å². The highest BCUT2D eigenvalue weighted by Gasteiger charge is 2.14. The van der Waals surface area contributed by atoms with Gasteiger partial charge in [0, 0.05) is 15.5 Å². The number of carbonyl (C=O) groups excluding carboxylic acids is 1. The standard InChI is InChI=1S/C9H11NO2S7/c1-5-3-6(10-9(11)12-2)4-7(19(15,16)17)8(5)18(13)14/h3-4,18H,1-2H3,(H,10,11)(H,15,16,17). The zero-order valence-corrected chi connectivity index (χ0v) is 15.8. The van der Waals surface area contributed by atoms with Gasteiger partial charge in [-0.25, -0.2) is 4.79 Å². The minimum Gasteiger partial charge on any atom is -0.453 e. The third-order valence-corrected chi connectivity index (χ3v) is 6.91. The van der Waals surface area contributed by atoms with Gasteiger partial charge in [0.1, 0.15) is 0 Å². The van der Waals surface area contributed by atoms with E-state index in [-0.39, 0.29) is 0 Å². The Kier molecular flexibility index (Phi) is 6.36. The summed E-state index contributed by atoms with van der Waals surface area (Å²) in [6, 6.07) is 3.46. The Morgan fingerprint density at radius 1 is 1.42 bits per heavy atom. The summed E-state index contributed by atoms with van der Waals surface area (Å²) >= 11 is 25.2. The van der Waals surface area contributed by atoms with E-state index in [9.17, 15) is 4.79 Å². The van der Waals surface area contributed by atoms with Crippen LogP contribution in [-0.2, 0) is 63.7 Å². The number of aryl methyl sites for hydroxylation is 1. The number of rotatable bonds is 3. The summed E-state index contributed by atoms with van der Waals surface area (Å²) in [6.07, 6.45) is -2.68. The van der Waals surface area contributed by atoms with Gasteiger partial charge in [-0.1, -0.05) is 19.7 Å². The summed E-state index contributed by atoms with van der Waals surface area (Å²) in [5, 5.41) is 2.58. The van der Waals surface area contributed by atoms with Crippen molar-refractivity contribution in [2.75, 3.05) is 12.4 Å². The van der Waals surface area contributed by atoms with Gasteiger partial charge >= 0.3 is 6.09 Å². The molecule has 0 bridgehead atoms. The second-order valence-corrected chi connectivity index (χ2v) is 15.5. The van der Waals surface area contributed by atoms with Crippen molar-refractivity contribution in [3.8, 4) is 0 Å². The number of anilines is 1. The third kappa shape index (κ3) is 4.73. The van der Waals surface area contributed by atoms with Crippen LogP contribution in [0.3, 0.4) is 0 Å². The molecule has 0 spiro atoms. The van der Waals surface area contributed by atoms with Crippen molar-refractivity contribution >= 4 is 82.4 Å². The fourth-order valence-electron chi connectivity index (χ4n) is 1.42. The molecule has 0 radical (unpaired) electrons. The molecule has 0 aliphatic carbocycles. The fraction of sp³-hybridized carbons (Fsp3) is 0.222. The van der Waals surface area contributed by atoms with Gasteiger partial charge in [-0.2, -0.15) is 0 Å². The number of ether oxygens (including phenoxy) is 1. The highest BCUT2D eigenvalue weighted by atomic mass is 33.5. The molecular weight excluding hydrogens is 379 g/mol. The maximum Gasteiger partial charge on any atom is 0.411 e. The van der Waals surface area contributed by atoms with Gasteiger partial charge in [0.2, 0.25) is 0 Å². The van der Waals surface area contributed by atoms with Crippen LogP contribution < -0.4 is 5.32 Å². The van der Waals surface area contributed by atoms with Crippen LogP contribution in [0.4, 0.5) is 10.5 Å². The van der Waals surface area contributed by atoms with Crippen LogP contribution >= 0.6 is 11.7 Å². The Bertz CT molecular complexity index is 683. The van der Waals surface area contributed by atoms with E-state index in [2.05, 4.69) is 21.7 Å². The largest absolute Gasteiger partial charge is 0.453 e. The van der Waals surface area contributed by atoms with Gasteiger partial charge in [-0.15, -0.1) is 0 Å². The van der Waals surface area contributed by atoms with E-state index in [0.29, 0.717) is 10.6 Å². The van der Waals surface area contributed by atoms with E-state index in [1.165, 1.54) is 7.11 Å². The number of hydrogen-bond donors (Lipinski definition) is 3. The van der Waals surface area contributed by atoms with Crippen molar-refractivity contribution in [2.45, 2.75) is 16.7 Å². The maximum atomic E-state index is 11.2. The highest BCUT2D eigenvalue weighted by molar-refractivity contribution is 8.93. The molecule has 106 valence electrons. The fourth-order valence-corrected chi connectivity index (χ4v) is 6.99. The molecule has 0 atom stereocenters. The summed E-state index contributed by atoms with van der Waals surface area (Å²) in [5.41, 5.74) is 1.41. The Labute approximate surface area is 137 Å². The summed E-state index contributed by atoms with van der Waals surface area (Å²) < 4.78 is 4.55. The van der Waals surface area contributed by atoms with Gasteiger partial charge in [-0.05, 0) is 75.6 Å². The molecule has 1 aromatic rings. The predicted molar refractivity (Wildman–Crippen MR) is 98.3 cm³/mol. The maximum absolute atomic E-state index is 11.2. The molecule has 1 N–H and O–H groups in total. The molecule has 0 fully saturated rings. The molecule has 0 aliphatic heterocycles. The first kappa shape index (κ1) is 17.5. The molecule has 0 aromatic heterocycles. The van der Waals surface area contributed by atoms with Crippen LogP contribution in [0.2, 0.25) is 0 Å². The number of nitrogens with one attached hydrogen (secondary N) is 1. The van der Waals surface area contributed by atoms with Gasteiger partial charge in [0.25, 0.3) is 0 Å². The third-order valence-electron chi connectivity index (χ3n) is 2.16. The van der Waals surface area contributed by atoms with Crippen molar-refractivity contribution in [1.29, 1.82) is 0 Å². The summed E-state index contributed by atoms with van der Waals surface area (Å²) in [5.74, 6) is 0. The zero-order chi connectivity index (χ0) is 14.8. The monoisotopic (exact) mass is 389 g/mol. The molecule has 10 heteroatoms. The number of methoxy groups -OCH3 is 1. The SMILES string of the molecule is COC(=O)Nc1cc(C)c([SH](=S)=S)c(S(=S)(=S)S)c1. The van der Waals surface area contributed by atoms with E-state index in [1.807, 2.05) is 6.92 Å². The van der Waals surface area contributed by atoms with Crippen molar-refractivity contribution in [1.82, 2.24) is 0 Å². The van der Waals surface area contributed by atoms with E-state index >= 15 is 0 Å². The van der Waals surface area contributed by atoms with Crippen LogP contribution in [0, 0.1) is 6.92 Å². The first-order chi connectivity index (χ1) is 8.66. The molecule has 0 unspecified atom stereocenters. The van der Waals surface area contributed by atoms with Gasteiger partial charge in [0.05, 0.1) is 7.11 Å². The topological polar surface area (TPSA) is 38.3 Å². The average Bonchev–Trinajstić information content (AvgIpc) is 2.26. The van der Waals surface area contributed by atoms with Crippen LogP contribution in [0.25, 0.3) is 0 Å². The minimum absolute atomic E-state index is 0.547. The second-order valence-electron chi connectivity index (χ2n) is 3.49. The lowest BCUT2D eigenvalue weighted by Gasteiger charge is -2.14. The highest BCUT2D eigenvalue weighted by Crippen LogP contribution is 2.29. The molecule has 0 saturated heterocycles. The van der Waals surface area contributed by atoms with Crippen LogP contribution in [0.15, 0.2) is 21.9 Å². The first-order valence-corrected chi connectivity index (χ1v) is 12.7. The molecule has 0 saturated carbocycles. The van der Waals surface area contributed by atoms with Crippen LogP contribution in [0.1, 0.15) is 5.56 Å². The van der Waals surface area contributed by atoms with Crippen molar-refractivity contribution in [3.63, 3.8) is 0 Å². The Morgan fingerprint density at radius 2 is 2.00 bits per heavy atom. The smallest absolute Gasteiger partial charge is 0.411 e. The summed E-state index contributed by atoms with van der Waals surface area (Å²) in [6.45, 7) is 1.86. The quantitative estimate of drug-likeness (QED) is 0.543. The van der Waals surface area contributed by atoms with E-state index in [0.717, 1.165) is 10.5 Å². The molecule has 0 heterocycles. The number of carbonyl (C=O) groups is 1. The predicted octanol–water partition coefficient (Wildman–Crippen LogP) is 2.09. The van der Waals surface area contributed by atoms with Crippen LogP contribution in [0.5, 0.6) is 0 Å². The first-order valence-electron chi connectivity index (χ1n) is 4.78. The normalized spacial score (nSPS) is 11.4. The van der Waals surface area contributed by atoms with E-state index in [1.54, 1.807) is 12.1 Å². The van der Waals surface area contributed by atoms with Gasteiger partial charge < -0.3 is 4.74 Å². The lowest BCUT2D eigenvalue weighted by atomic mass is 10.2. The lowest BCUT2D eigenvalue weighted by molar-refractivity contribution is 0.187. The van der Waals surface area contributed by atoms with Crippen LogP contribution in [-0.4, -0.2) is 13.2 Å². The molecule has 3 nitrogen and oxygen atoms in total. The molecule has 19 heavy (non-hydrogen) atoms. The number of amides is 1. The van der Waals surface area contributed by atoms with E-state index < -0.39 is 20.3 Å². The Morgan fingerprint density at radius 3 is 2.42 bits per heavy atom. The second kappa shape index (κ2) is 6.92. The molecule has 1 aromatic carbocycles. The zero-order valence-electron chi connectivity index (χ0n) is 9.91.